The molecule has 126 valence electrons. The molecule has 3 aromatic carbocycles. The van der Waals surface area contributed by atoms with Gasteiger partial charge in [0.15, 0.2) is 0 Å². The SMILES string of the molecule is Oc1ccc(-c2ccccc2/C2=C/CCCCCC2)c2ccccc12. The van der Waals surface area contributed by atoms with Crippen molar-refractivity contribution in [1.82, 2.24) is 0 Å². The summed E-state index contributed by atoms with van der Waals surface area (Å²) in [7, 11) is 0. The first-order valence-corrected chi connectivity index (χ1v) is 9.34. The van der Waals surface area contributed by atoms with E-state index in [1.165, 1.54) is 54.4 Å². The Bertz CT molecular complexity index is 920. The zero-order valence-corrected chi connectivity index (χ0v) is 14.5. The number of hydrogen-bond acceptors (Lipinski definition) is 1. The highest BCUT2D eigenvalue weighted by Crippen LogP contribution is 2.38. The van der Waals surface area contributed by atoms with Gasteiger partial charge in [-0.15, -0.1) is 0 Å². The van der Waals surface area contributed by atoms with Gasteiger partial charge < -0.3 is 5.11 Å². The number of fused-ring (bicyclic) bond motifs is 1. The molecule has 0 saturated heterocycles. The Kier molecular flexibility index (Phi) is 4.56. The molecule has 1 aliphatic rings. The van der Waals surface area contributed by atoms with Crippen LogP contribution in [0.25, 0.3) is 27.5 Å². The number of phenolic OH excluding ortho intramolecular Hbond substituents is 1. The Labute approximate surface area is 149 Å². The topological polar surface area (TPSA) is 20.2 Å². The lowest BCUT2D eigenvalue weighted by molar-refractivity contribution is 0.481. The van der Waals surface area contributed by atoms with Crippen molar-refractivity contribution in [3.63, 3.8) is 0 Å². The molecule has 0 radical (unpaired) electrons. The molecule has 0 aliphatic heterocycles. The quantitative estimate of drug-likeness (QED) is 0.539. The van der Waals surface area contributed by atoms with Crippen LogP contribution >= 0.6 is 0 Å². The lowest BCUT2D eigenvalue weighted by Crippen LogP contribution is -1.94. The van der Waals surface area contributed by atoms with Gasteiger partial charge in [-0.05, 0) is 59.4 Å². The van der Waals surface area contributed by atoms with Gasteiger partial charge in [0.25, 0.3) is 0 Å². The van der Waals surface area contributed by atoms with Crippen LogP contribution in [0.3, 0.4) is 0 Å². The molecule has 25 heavy (non-hydrogen) atoms. The van der Waals surface area contributed by atoms with Crippen LogP contribution in [0, 0.1) is 0 Å². The Balaban J connectivity index is 1.89. The number of rotatable bonds is 2. The van der Waals surface area contributed by atoms with Crippen molar-refractivity contribution in [3.8, 4) is 16.9 Å². The van der Waals surface area contributed by atoms with Gasteiger partial charge in [-0.3, -0.25) is 0 Å². The monoisotopic (exact) mass is 328 g/mol. The third-order valence-corrected chi connectivity index (χ3v) is 5.26. The van der Waals surface area contributed by atoms with Crippen LogP contribution in [-0.2, 0) is 0 Å². The summed E-state index contributed by atoms with van der Waals surface area (Å²) in [6, 6.07) is 20.7. The highest BCUT2D eigenvalue weighted by Gasteiger charge is 2.13. The van der Waals surface area contributed by atoms with E-state index >= 15 is 0 Å². The predicted molar refractivity (Wildman–Crippen MR) is 107 cm³/mol. The molecule has 4 rings (SSSR count). The maximum absolute atomic E-state index is 10.2. The van der Waals surface area contributed by atoms with E-state index in [1.54, 1.807) is 0 Å². The van der Waals surface area contributed by atoms with E-state index in [4.69, 9.17) is 0 Å². The summed E-state index contributed by atoms with van der Waals surface area (Å²) in [5, 5.41) is 12.2. The van der Waals surface area contributed by atoms with Gasteiger partial charge in [0, 0.05) is 5.39 Å². The third-order valence-electron chi connectivity index (χ3n) is 5.26. The van der Waals surface area contributed by atoms with Crippen molar-refractivity contribution in [2.24, 2.45) is 0 Å². The second-order valence-corrected chi connectivity index (χ2v) is 6.91. The Morgan fingerprint density at radius 3 is 2.20 bits per heavy atom. The largest absolute Gasteiger partial charge is 0.507 e. The smallest absolute Gasteiger partial charge is 0.123 e. The average Bonchev–Trinajstić information content (AvgIpc) is 2.62. The van der Waals surface area contributed by atoms with Crippen molar-refractivity contribution in [2.45, 2.75) is 38.5 Å². The van der Waals surface area contributed by atoms with Crippen molar-refractivity contribution < 1.29 is 5.11 Å². The number of phenols is 1. The van der Waals surface area contributed by atoms with Crippen molar-refractivity contribution in [3.05, 3.63) is 72.3 Å². The van der Waals surface area contributed by atoms with Crippen molar-refractivity contribution in [2.75, 3.05) is 0 Å². The number of allylic oxidation sites excluding steroid dienone is 2. The second kappa shape index (κ2) is 7.14. The van der Waals surface area contributed by atoms with E-state index in [0.717, 1.165) is 17.2 Å². The standard InChI is InChI=1S/C24H24O/c25-24-17-16-22(21-14-8-9-15-23(21)24)20-13-7-6-12-19(20)18-10-4-2-1-3-5-11-18/h6-10,12-17,25H,1-5,11H2/b18-10+. The van der Waals surface area contributed by atoms with Gasteiger partial charge in [-0.2, -0.15) is 0 Å². The molecule has 1 aliphatic carbocycles. The van der Waals surface area contributed by atoms with E-state index < -0.39 is 0 Å². The molecule has 1 heteroatoms. The maximum Gasteiger partial charge on any atom is 0.123 e. The van der Waals surface area contributed by atoms with Crippen LogP contribution in [0.15, 0.2) is 66.7 Å². The summed E-state index contributed by atoms with van der Waals surface area (Å²) >= 11 is 0. The highest BCUT2D eigenvalue weighted by molar-refractivity contribution is 6.02. The summed E-state index contributed by atoms with van der Waals surface area (Å²) in [5.74, 6) is 0.349. The first-order valence-electron chi connectivity index (χ1n) is 9.34. The van der Waals surface area contributed by atoms with Crippen molar-refractivity contribution >= 4 is 16.3 Å². The van der Waals surface area contributed by atoms with Crippen molar-refractivity contribution in [1.29, 1.82) is 0 Å². The molecule has 0 spiro atoms. The molecule has 0 amide bonds. The minimum absolute atomic E-state index is 0.349. The summed E-state index contributed by atoms with van der Waals surface area (Å²) in [6.07, 6.45) is 10.0. The molecule has 0 bridgehead atoms. The Morgan fingerprint density at radius 2 is 1.32 bits per heavy atom. The molecule has 3 aromatic rings. The predicted octanol–water partition coefficient (Wildman–Crippen LogP) is 6.95. The van der Waals surface area contributed by atoms with Gasteiger partial charge in [0.05, 0.1) is 0 Å². The summed E-state index contributed by atoms with van der Waals surface area (Å²) < 4.78 is 0. The fourth-order valence-electron chi connectivity index (χ4n) is 3.95. The minimum atomic E-state index is 0.349. The van der Waals surface area contributed by atoms with Gasteiger partial charge >= 0.3 is 0 Å². The molecular formula is C24H24O. The zero-order chi connectivity index (χ0) is 17.1. The first-order chi connectivity index (χ1) is 12.3. The summed E-state index contributed by atoms with van der Waals surface area (Å²) in [6.45, 7) is 0. The minimum Gasteiger partial charge on any atom is -0.507 e. The van der Waals surface area contributed by atoms with Crippen LogP contribution in [-0.4, -0.2) is 5.11 Å². The molecule has 0 heterocycles. The van der Waals surface area contributed by atoms with Crippen LogP contribution in [0.2, 0.25) is 0 Å². The molecule has 0 fully saturated rings. The Morgan fingerprint density at radius 1 is 0.600 bits per heavy atom. The van der Waals surface area contributed by atoms with Crippen LogP contribution in [0.5, 0.6) is 5.75 Å². The number of benzene rings is 3. The first kappa shape index (κ1) is 16.0. The van der Waals surface area contributed by atoms with E-state index in [-0.39, 0.29) is 0 Å². The van der Waals surface area contributed by atoms with Gasteiger partial charge in [0.2, 0.25) is 0 Å². The molecular weight excluding hydrogens is 304 g/mol. The van der Waals surface area contributed by atoms with E-state index in [0.29, 0.717) is 5.75 Å². The van der Waals surface area contributed by atoms with E-state index in [1.807, 2.05) is 24.3 Å². The molecule has 0 unspecified atom stereocenters. The lowest BCUT2D eigenvalue weighted by atomic mass is 9.87. The van der Waals surface area contributed by atoms with Gasteiger partial charge in [-0.25, -0.2) is 0 Å². The van der Waals surface area contributed by atoms with Gasteiger partial charge in [0.1, 0.15) is 5.75 Å². The zero-order valence-electron chi connectivity index (χ0n) is 14.5. The third kappa shape index (κ3) is 3.19. The van der Waals surface area contributed by atoms with E-state index in [2.05, 4.69) is 42.5 Å². The van der Waals surface area contributed by atoms with Gasteiger partial charge in [-0.1, -0.05) is 73.5 Å². The average molecular weight is 328 g/mol. The summed E-state index contributed by atoms with van der Waals surface area (Å²) in [4.78, 5) is 0. The fourth-order valence-corrected chi connectivity index (χ4v) is 3.95. The van der Waals surface area contributed by atoms with Crippen LogP contribution in [0.4, 0.5) is 0 Å². The molecule has 0 saturated carbocycles. The van der Waals surface area contributed by atoms with E-state index in [9.17, 15) is 5.11 Å². The summed E-state index contributed by atoms with van der Waals surface area (Å²) in [5.41, 5.74) is 5.30. The number of aromatic hydroxyl groups is 1. The lowest BCUT2D eigenvalue weighted by Gasteiger charge is -2.17. The second-order valence-electron chi connectivity index (χ2n) is 6.91. The van der Waals surface area contributed by atoms with Crippen LogP contribution in [0.1, 0.15) is 44.1 Å². The Hall–Kier alpha value is -2.54. The molecule has 1 nitrogen and oxygen atoms in total. The molecule has 0 atom stereocenters. The molecule has 0 aromatic heterocycles. The number of hydrogen-bond donors (Lipinski definition) is 1. The van der Waals surface area contributed by atoms with Crippen LogP contribution < -0.4 is 0 Å². The fraction of sp³-hybridized carbons (Fsp3) is 0.250. The molecule has 1 N–H and O–H groups in total. The maximum atomic E-state index is 10.2. The normalized spacial score (nSPS) is 17.5. The highest BCUT2D eigenvalue weighted by atomic mass is 16.3.